The number of primary amides is 1. The number of rotatable bonds is 12. The van der Waals surface area contributed by atoms with Gasteiger partial charge in [0.1, 0.15) is 0 Å². The molecule has 0 aliphatic heterocycles. The first-order chi connectivity index (χ1) is 8.16. The highest BCUT2D eigenvalue weighted by molar-refractivity contribution is 5.74. The largest absolute Gasteiger partial charge is 0.393 e. The molecule has 1 amide bonds. The van der Waals surface area contributed by atoms with E-state index in [1.807, 2.05) is 0 Å². The Morgan fingerprint density at radius 3 is 1.94 bits per heavy atom. The molecule has 0 heterocycles. The second kappa shape index (κ2) is 11.9. The van der Waals surface area contributed by atoms with Crippen molar-refractivity contribution in [3.05, 3.63) is 0 Å². The van der Waals surface area contributed by atoms with E-state index in [9.17, 15) is 9.90 Å². The second-order valence-corrected chi connectivity index (χ2v) is 4.94. The maximum absolute atomic E-state index is 10.5. The third kappa shape index (κ3) is 13.4. The molecule has 3 nitrogen and oxygen atoms in total. The molecule has 102 valence electrons. The molecule has 0 fully saturated rings. The standard InChI is InChI=1S/C14H29NO2/c1-2-3-4-5-6-7-8-9-10-11-13(16)12-14(15)17/h13,16H,2-12H2,1H3,(H2,15,17). The van der Waals surface area contributed by atoms with E-state index in [0.29, 0.717) is 6.42 Å². The highest BCUT2D eigenvalue weighted by Crippen LogP contribution is 2.12. The molecule has 1 atom stereocenters. The topological polar surface area (TPSA) is 63.3 Å². The number of carbonyl (C=O) groups excluding carboxylic acids is 1. The van der Waals surface area contributed by atoms with Gasteiger partial charge in [0, 0.05) is 0 Å². The fraction of sp³-hybridized carbons (Fsp3) is 0.929. The van der Waals surface area contributed by atoms with Crippen molar-refractivity contribution in [2.24, 2.45) is 5.73 Å². The Bertz CT molecular complexity index is 183. The minimum absolute atomic E-state index is 0.108. The van der Waals surface area contributed by atoms with Gasteiger partial charge in [-0.3, -0.25) is 4.79 Å². The molecule has 17 heavy (non-hydrogen) atoms. The fourth-order valence-electron chi connectivity index (χ4n) is 2.02. The van der Waals surface area contributed by atoms with Gasteiger partial charge in [-0.15, -0.1) is 0 Å². The number of carbonyl (C=O) groups is 1. The highest BCUT2D eigenvalue weighted by Gasteiger charge is 2.06. The van der Waals surface area contributed by atoms with Gasteiger partial charge in [0.2, 0.25) is 5.91 Å². The van der Waals surface area contributed by atoms with Crippen LogP contribution in [0.3, 0.4) is 0 Å². The molecular formula is C14H29NO2. The Labute approximate surface area is 106 Å². The molecule has 0 bridgehead atoms. The molecule has 0 aromatic carbocycles. The minimum atomic E-state index is -0.531. The zero-order valence-electron chi connectivity index (χ0n) is 11.3. The van der Waals surface area contributed by atoms with Crippen LogP contribution in [0, 0.1) is 0 Å². The van der Waals surface area contributed by atoms with Gasteiger partial charge in [-0.1, -0.05) is 64.7 Å². The molecule has 0 aromatic rings. The predicted octanol–water partition coefficient (Wildman–Crippen LogP) is 3.14. The molecule has 0 saturated carbocycles. The number of amides is 1. The van der Waals surface area contributed by atoms with Gasteiger partial charge >= 0.3 is 0 Å². The summed E-state index contributed by atoms with van der Waals surface area (Å²) in [7, 11) is 0. The third-order valence-corrected chi connectivity index (χ3v) is 3.08. The van der Waals surface area contributed by atoms with Gasteiger partial charge in [-0.2, -0.15) is 0 Å². The zero-order valence-corrected chi connectivity index (χ0v) is 11.3. The van der Waals surface area contributed by atoms with Crippen LogP contribution in [0.25, 0.3) is 0 Å². The molecule has 1 unspecified atom stereocenters. The Morgan fingerprint density at radius 1 is 1.00 bits per heavy atom. The Morgan fingerprint density at radius 2 is 1.47 bits per heavy atom. The summed E-state index contributed by atoms with van der Waals surface area (Å²) in [6, 6.07) is 0. The van der Waals surface area contributed by atoms with Crippen LogP contribution in [0.2, 0.25) is 0 Å². The summed E-state index contributed by atoms with van der Waals surface area (Å²) in [5.74, 6) is -0.409. The van der Waals surface area contributed by atoms with Gasteiger partial charge in [-0.25, -0.2) is 0 Å². The van der Waals surface area contributed by atoms with Crippen LogP contribution in [0.5, 0.6) is 0 Å². The molecular weight excluding hydrogens is 214 g/mol. The molecule has 0 rings (SSSR count). The maximum Gasteiger partial charge on any atom is 0.220 e. The van der Waals surface area contributed by atoms with Crippen molar-refractivity contribution < 1.29 is 9.90 Å². The quantitative estimate of drug-likeness (QED) is 0.517. The monoisotopic (exact) mass is 243 g/mol. The van der Waals surface area contributed by atoms with Crippen LogP contribution in [-0.2, 0) is 4.79 Å². The van der Waals surface area contributed by atoms with E-state index in [1.165, 1.54) is 44.9 Å². The second-order valence-electron chi connectivity index (χ2n) is 4.94. The number of unbranched alkanes of at least 4 members (excludes halogenated alkanes) is 8. The van der Waals surface area contributed by atoms with E-state index in [4.69, 9.17) is 5.73 Å². The minimum Gasteiger partial charge on any atom is -0.393 e. The fourth-order valence-corrected chi connectivity index (χ4v) is 2.02. The van der Waals surface area contributed by atoms with Crippen LogP contribution in [0.4, 0.5) is 0 Å². The Kier molecular flexibility index (Phi) is 11.5. The van der Waals surface area contributed by atoms with Gasteiger partial charge in [-0.05, 0) is 6.42 Å². The molecule has 3 N–H and O–H groups in total. The van der Waals surface area contributed by atoms with Crippen molar-refractivity contribution in [1.82, 2.24) is 0 Å². The number of aliphatic hydroxyl groups excluding tert-OH is 1. The lowest BCUT2D eigenvalue weighted by atomic mass is 10.0. The summed E-state index contributed by atoms with van der Waals surface area (Å²) in [6.45, 7) is 2.23. The van der Waals surface area contributed by atoms with Crippen molar-refractivity contribution in [3.63, 3.8) is 0 Å². The number of nitrogens with two attached hydrogens (primary N) is 1. The van der Waals surface area contributed by atoms with Gasteiger partial charge in [0.05, 0.1) is 12.5 Å². The molecule has 0 saturated heterocycles. The maximum atomic E-state index is 10.5. The van der Waals surface area contributed by atoms with E-state index in [1.54, 1.807) is 0 Å². The van der Waals surface area contributed by atoms with Crippen molar-refractivity contribution in [1.29, 1.82) is 0 Å². The Balaban J connectivity index is 3.10. The third-order valence-electron chi connectivity index (χ3n) is 3.08. The van der Waals surface area contributed by atoms with Crippen LogP contribution in [0.15, 0.2) is 0 Å². The summed E-state index contributed by atoms with van der Waals surface area (Å²) in [4.78, 5) is 10.5. The first-order valence-electron chi connectivity index (χ1n) is 7.13. The van der Waals surface area contributed by atoms with E-state index in [0.717, 1.165) is 12.8 Å². The van der Waals surface area contributed by atoms with Gasteiger partial charge in [0.25, 0.3) is 0 Å². The highest BCUT2D eigenvalue weighted by atomic mass is 16.3. The van der Waals surface area contributed by atoms with E-state index in [2.05, 4.69) is 6.92 Å². The van der Waals surface area contributed by atoms with Gasteiger partial charge in [0.15, 0.2) is 0 Å². The summed E-state index contributed by atoms with van der Waals surface area (Å²) in [5, 5.41) is 9.42. The molecule has 0 aliphatic carbocycles. The normalized spacial score (nSPS) is 12.6. The summed E-state index contributed by atoms with van der Waals surface area (Å²) < 4.78 is 0. The zero-order chi connectivity index (χ0) is 12.9. The van der Waals surface area contributed by atoms with Crippen LogP contribution in [0.1, 0.15) is 77.6 Å². The summed E-state index contributed by atoms with van der Waals surface area (Å²) in [5.41, 5.74) is 5.00. The first-order valence-corrected chi connectivity index (χ1v) is 7.13. The molecule has 0 aromatic heterocycles. The lowest BCUT2D eigenvalue weighted by molar-refractivity contribution is -0.119. The summed E-state index contributed by atoms with van der Waals surface area (Å²) in [6.07, 6.45) is 11.7. The van der Waals surface area contributed by atoms with Crippen molar-refractivity contribution >= 4 is 5.91 Å². The summed E-state index contributed by atoms with van der Waals surface area (Å²) >= 11 is 0. The first kappa shape index (κ1) is 16.4. The number of hydrogen-bond acceptors (Lipinski definition) is 2. The van der Waals surface area contributed by atoms with Crippen molar-refractivity contribution in [2.75, 3.05) is 0 Å². The average Bonchev–Trinajstić information content (AvgIpc) is 2.26. The van der Waals surface area contributed by atoms with Gasteiger partial charge < -0.3 is 10.8 Å². The molecule has 0 radical (unpaired) electrons. The van der Waals surface area contributed by atoms with Crippen molar-refractivity contribution in [3.8, 4) is 0 Å². The lowest BCUT2D eigenvalue weighted by Crippen LogP contribution is -2.19. The Hall–Kier alpha value is -0.570. The lowest BCUT2D eigenvalue weighted by Gasteiger charge is -2.07. The number of aliphatic hydroxyl groups is 1. The van der Waals surface area contributed by atoms with Crippen molar-refractivity contribution in [2.45, 2.75) is 83.7 Å². The molecule has 3 heteroatoms. The van der Waals surface area contributed by atoms with E-state index < -0.39 is 12.0 Å². The average molecular weight is 243 g/mol. The van der Waals surface area contributed by atoms with E-state index in [-0.39, 0.29) is 6.42 Å². The predicted molar refractivity (Wildman–Crippen MR) is 71.7 cm³/mol. The molecule has 0 spiro atoms. The number of hydrogen-bond donors (Lipinski definition) is 2. The van der Waals surface area contributed by atoms with Crippen LogP contribution < -0.4 is 5.73 Å². The molecule has 0 aliphatic rings. The van der Waals surface area contributed by atoms with Crippen LogP contribution >= 0.6 is 0 Å². The SMILES string of the molecule is CCCCCCCCCCCC(O)CC(N)=O. The van der Waals surface area contributed by atoms with E-state index >= 15 is 0 Å². The van der Waals surface area contributed by atoms with Crippen LogP contribution in [-0.4, -0.2) is 17.1 Å². The smallest absolute Gasteiger partial charge is 0.220 e.